The number of rotatable bonds is 7. The molecule has 0 aliphatic heterocycles. The van der Waals surface area contributed by atoms with E-state index in [0.29, 0.717) is 11.5 Å². The van der Waals surface area contributed by atoms with Gasteiger partial charge in [-0.15, -0.1) is 0 Å². The highest BCUT2D eigenvalue weighted by Gasteiger charge is 2.23. The molecule has 19 heavy (non-hydrogen) atoms. The van der Waals surface area contributed by atoms with Crippen molar-refractivity contribution in [3.05, 3.63) is 35.4 Å². The third-order valence-corrected chi connectivity index (χ3v) is 3.76. The second-order valence-corrected chi connectivity index (χ2v) is 6.75. The molecule has 1 aromatic rings. The fourth-order valence-corrected chi connectivity index (χ4v) is 2.42. The summed E-state index contributed by atoms with van der Waals surface area (Å²) in [6, 6.07) is 9.58. The molecule has 0 radical (unpaired) electrons. The second kappa shape index (κ2) is 7.69. The largest absolute Gasteiger partial charge is 0.313 e. The van der Waals surface area contributed by atoms with Crippen LogP contribution in [-0.4, -0.2) is 12.6 Å². The first-order valence-electron chi connectivity index (χ1n) is 7.72. The summed E-state index contributed by atoms with van der Waals surface area (Å²) in [5.74, 6) is 0. The lowest BCUT2D eigenvalue weighted by molar-refractivity contribution is 0.251. The zero-order valence-electron chi connectivity index (χ0n) is 13.4. The molecule has 0 saturated carbocycles. The molecule has 1 atom stereocenters. The minimum atomic E-state index is 0.350. The van der Waals surface area contributed by atoms with Gasteiger partial charge in [0.15, 0.2) is 0 Å². The highest BCUT2D eigenvalue weighted by Crippen LogP contribution is 2.23. The summed E-state index contributed by atoms with van der Waals surface area (Å²) in [6.07, 6.45) is 4.93. The summed E-state index contributed by atoms with van der Waals surface area (Å²) in [7, 11) is 0. The van der Waals surface area contributed by atoms with Crippen molar-refractivity contribution in [2.75, 3.05) is 6.54 Å². The van der Waals surface area contributed by atoms with Crippen molar-refractivity contribution in [2.24, 2.45) is 5.41 Å². The van der Waals surface area contributed by atoms with Gasteiger partial charge in [0.05, 0.1) is 0 Å². The lowest BCUT2D eigenvalue weighted by atomic mass is 9.83. The lowest BCUT2D eigenvalue weighted by Gasteiger charge is -2.32. The van der Waals surface area contributed by atoms with E-state index in [4.69, 9.17) is 0 Å². The van der Waals surface area contributed by atoms with Gasteiger partial charge in [-0.25, -0.2) is 0 Å². The molecule has 0 heterocycles. The fourth-order valence-electron chi connectivity index (χ4n) is 2.42. The van der Waals surface area contributed by atoms with E-state index in [1.165, 1.54) is 36.8 Å². The summed E-state index contributed by atoms with van der Waals surface area (Å²) in [5, 5.41) is 3.70. The maximum absolute atomic E-state index is 3.70. The molecule has 0 spiro atoms. The first-order chi connectivity index (χ1) is 8.93. The van der Waals surface area contributed by atoms with Gasteiger partial charge >= 0.3 is 0 Å². The molecule has 0 saturated heterocycles. The Labute approximate surface area is 119 Å². The lowest BCUT2D eigenvalue weighted by Crippen LogP contribution is -2.40. The summed E-state index contributed by atoms with van der Waals surface area (Å²) >= 11 is 0. The molecule has 0 aliphatic carbocycles. The van der Waals surface area contributed by atoms with E-state index in [1.54, 1.807) is 0 Å². The van der Waals surface area contributed by atoms with Crippen molar-refractivity contribution in [1.29, 1.82) is 0 Å². The van der Waals surface area contributed by atoms with Crippen LogP contribution >= 0.6 is 0 Å². The number of hydrogen-bond donors (Lipinski definition) is 1. The van der Waals surface area contributed by atoms with Gasteiger partial charge in [0.2, 0.25) is 0 Å². The van der Waals surface area contributed by atoms with Gasteiger partial charge in [0.25, 0.3) is 0 Å². The summed E-state index contributed by atoms with van der Waals surface area (Å²) in [4.78, 5) is 0. The van der Waals surface area contributed by atoms with Crippen molar-refractivity contribution in [3.63, 3.8) is 0 Å². The van der Waals surface area contributed by atoms with Crippen LogP contribution in [0.15, 0.2) is 24.3 Å². The molecule has 0 aromatic heterocycles. The van der Waals surface area contributed by atoms with Crippen LogP contribution in [0.1, 0.15) is 58.1 Å². The van der Waals surface area contributed by atoms with Crippen LogP contribution in [0.3, 0.4) is 0 Å². The van der Waals surface area contributed by atoms with Gasteiger partial charge < -0.3 is 5.32 Å². The van der Waals surface area contributed by atoms with Crippen LogP contribution in [0.2, 0.25) is 0 Å². The summed E-state index contributed by atoms with van der Waals surface area (Å²) in [5.41, 5.74) is 3.16. The molecule has 0 fully saturated rings. The molecule has 0 amide bonds. The number of nitrogens with one attached hydrogen (secondary N) is 1. The van der Waals surface area contributed by atoms with E-state index in [9.17, 15) is 0 Å². The topological polar surface area (TPSA) is 12.0 Å². The Bertz CT molecular complexity index is 345. The number of aryl methyl sites for hydroxylation is 2. The Kier molecular flexibility index (Phi) is 6.57. The fraction of sp³-hybridized carbons (Fsp3) is 0.667. The second-order valence-electron chi connectivity index (χ2n) is 6.75. The van der Waals surface area contributed by atoms with Gasteiger partial charge in [-0.2, -0.15) is 0 Å². The minimum absolute atomic E-state index is 0.350. The van der Waals surface area contributed by atoms with Crippen LogP contribution in [0.5, 0.6) is 0 Å². The van der Waals surface area contributed by atoms with Crippen LogP contribution in [-0.2, 0) is 6.42 Å². The maximum Gasteiger partial charge on any atom is 0.0116 e. The highest BCUT2D eigenvalue weighted by atomic mass is 14.9. The van der Waals surface area contributed by atoms with Crippen LogP contribution in [0.25, 0.3) is 0 Å². The van der Waals surface area contributed by atoms with Crippen molar-refractivity contribution in [3.8, 4) is 0 Å². The Morgan fingerprint density at radius 1 is 1.11 bits per heavy atom. The van der Waals surface area contributed by atoms with Crippen molar-refractivity contribution in [2.45, 2.75) is 66.3 Å². The smallest absolute Gasteiger partial charge is 0.0116 e. The van der Waals surface area contributed by atoms with Crippen LogP contribution < -0.4 is 5.32 Å². The zero-order chi connectivity index (χ0) is 14.3. The number of hydrogen-bond acceptors (Lipinski definition) is 1. The monoisotopic (exact) mass is 261 g/mol. The maximum atomic E-state index is 3.70. The SMILES string of the molecule is CCCNC(CCCc1ccc(C)cc1)C(C)(C)C. The van der Waals surface area contributed by atoms with E-state index in [-0.39, 0.29) is 0 Å². The summed E-state index contributed by atoms with van der Waals surface area (Å²) < 4.78 is 0. The van der Waals surface area contributed by atoms with Gasteiger partial charge in [-0.1, -0.05) is 57.5 Å². The molecule has 0 aliphatic rings. The van der Waals surface area contributed by atoms with Crippen molar-refractivity contribution in [1.82, 2.24) is 5.32 Å². The Balaban J connectivity index is 2.41. The Hall–Kier alpha value is -0.820. The molecular weight excluding hydrogens is 230 g/mol. The standard InChI is InChI=1S/C18H31N/c1-6-14-19-17(18(3,4)5)9-7-8-16-12-10-15(2)11-13-16/h10-13,17,19H,6-9,14H2,1-5H3. The average Bonchev–Trinajstić information content (AvgIpc) is 2.34. The third-order valence-electron chi connectivity index (χ3n) is 3.76. The van der Waals surface area contributed by atoms with Gasteiger partial charge in [-0.3, -0.25) is 0 Å². The molecule has 1 rings (SSSR count). The zero-order valence-corrected chi connectivity index (χ0v) is 13.4. The van der Waals surface area contributed by atoms with Crippen molar-refractivity contribution < 1.29 is 0 Å². The third kappa shape index (κ3) is 6.24. The predicted molar refractivity (Wildman–Crippen MR) is 85.7 cm³/mol. The van der Waals surface area contributed by atoms with Crippen LogP contribution in [0, 0.1) is 12.3 Å². The normalized spacial score (nSPS) is 13.5. The Morgan fingerprint density at radius 2 is 1.74 bits per heavy atom. The van der Waals surface area contributed by atoms with E-state index in [0.717, 1.165) is 6.54 Å². The number of benzene rings is 1. The molecule has 108 valence electrons. The molecule has 1 unspecified atom stereocenters. The quantitative estimate of drug-likeness (QED) is 0.748. The minimum Gasteiger partial charge on any atom is -0.313 e. The van der Waals surface area contributed by atoms with Gasteiger partial charge in [-0.05, 0) is 50.1 Å². The van der Waals surface area contributed by atoms with E-state index in [1.807, 2.05) is 0 Å². The molecule has 0 bridgehead atoms. The predicted octanol–water partition coefficient (Wildman–Crippen LogP) is 4.73. The van der Waals surface area contributed by atoms with E-state index >= 15 is 0 Å². The average molecular weight is 261 g/mol. The van der Waals surface area contributed by atoms with Crippen LogP contribution in [0.4, 0.5) is 0 Å². The van der Waals surface area contributed by atoms with Crippen molar-refractivity contribution >= 4 is 0 Å². The molecule has 1 aromatic carbocycles. The van der Waals surface area contributed by atoms with E-state index < -0.39 is 0 Å². The van der Waals surface area contributed by atoms with Gasteiger partial charge in [0, 0.05) is 6.04 Å². The molecular formula is C18H31N. The van der Waals surface area contributed by atoms with E-state index in [2.05, 4.69) is 64.2 Å². The Morgan fingerprint density at radius 3 is 2.26 bits per heavy atom. The molecule has 1 heteroatoms. The molecule has 1 nitrogen and oxygen atoms in total. The highest BCUT2D eigenvalue weighted by molar-refractivity contribution is 5.21. The summed E-state index contributed by atoms with van der Waals surface area (Å²) in [6.45, 7) is 12.5. The van der Waals surface area contributed by atoms with Gasteiger partial charge in [0.1, 0.15) is 0 Å². The first kappa shape index (κ1) is 16.2. The first-order valence-corrected chi connectivity index (χ1v) is 7.72. The molecule has 1 N–H and O–H groups in total.